The van der Waals surface area contributed by atoms with Crippen LogP contribution in [-0.4, -0.2) is 11.8 Å². The van der Waals surface area contributed by atoms with Crippen molar-refractivity contribution < 1.29 is 14.0 Å². The number of benzene rings is 2. The number of nitrogens with zero attached hydrogens (tertiary/aromatic N) is 1. The summed E-state index contributed by atoms with van der Waals surface area (Å²) in [5.74, 6) is 2.34. The first-order chi connectivity index (χ1) is 12.7. The molecule has 0 aliphatic rings. The van der Waals surface area contributed by atoms with Crippen LogP contribution in [0.3, 0.4) is 0 Å². The Hall–Kier alpha value is -2.79. The molecule has 0 saturated heterocycles. The number of aryl methyl sites for hydroxylation is 1. The summed E-state index contributed by atoms with van der Waals surface area (Å²) < 4.78 is 16.8. The second kappa shape index (κ2) is 9.06. The zero-order valence-electron chi connectivity index (χ0n) is 15.2. The molecule has 0 aliphatic carbocycles. The van der Waals surface area contributed by atoms with Gasteiger partial charge in [0.25, 0.3) is 0 Å². The monoisotopic (exact) mass is 352 g/mol. The minimum absolute atomic E-state index is 0.518. The molecule has 0 amide bonds. The Morgan fingerprint density at radius 1 is 0.923 bits per heavy atom. The van der Waals surface area contributed by atoms with Gasteiger partial charge in [0, 0.05) is 19.2 Å². The average molecular weight is 352 g/mol. The molecule has 0 atom stereocenters. The van der Waals surface area contributed by atoms with Crippen molar-refractivity contribution >= 4 is 0 Å². The van der Waals surface area contributed by atoms with E-state index in [9.17, 15) is 0 Å². The fraction of sp³-hybridized carbons (Fsp3) is 0.286. The van der Waals surface area contributed by atoms with Gasteiger partial charge in [0.2, 0.25) is 0 Å². The Labute approximate surface area is 153 Å². The van der Waals surface area contributed by atoms with Crippen LogP contribution in [0.5, 0.6) is 11.5 Å². The smallest absolute Gasteiger partial charge is 0.161 e. The van der Waals surface area contributed by atoms with E-state index in [1.807, 2.05) is 68.4 Å². The molecule has 1 heterocycles. The van der Waals surface area contributed by atoms with E-state index in [0.717, 1.165) is 34.1 Å². The zero-order valence-corrected chi connectivity index (χ0v) is 15.2. The van der Waals surface area contributed by atoms with E-state index >= 15 is 0 Å². The van der Waals surface area contributed by atoms with Gasteiger partial charge in [-0.25, -0.2) is 0 Å². The van der Waals surface area contributed by atoms with Crippen LogP contribution in [0.1, 0.15) is 29.5 Å². The first-order valence-electron chi connectivity index (χ1n) is 8.80. The third-order valence-electron chi connectivity index (χ3n) is 3.86. The highest BCUT2D eigenvalue weighted by Gasteiger charge is 2.08. The highest BCUT2D eigenvalue weighted by Crippen LogP contribution is 2.29. The van der Waals surface area contributed by atoms with Crippen molar-refractivity contribution in [3.8, 4) is 11.5 Å². The summed E-state index contributed by atoms with van der Waals surface area (Å²) in [5.41, 5.74) is 3.15. The standard InChI is InChI=1S/C21H24N2O3/c1-3-24-21-12-18(13-22-14-19-11-16(2)26-23-19)9-10-20(21)25-15-17-7-5-4-6-8-17/h4-12,22H,3,13-15H2,1-2H3. The van der Waals surface area contributed by atoms with Gasteiger partial charge in [0.1, 0.15) is 12.4 Å². The fourth-order valence-corrected chi connectivity index (χ4v) is 2.62. The number of hydrogen-bond acceptors (Lipinski definition) is 5. The molecule has 1 N–H and O–H groups in total. The van der Waals surface area contributed by atoms with E-state index in [2.05, 4.69) is 10.5 Å². The van der Waals surface area contributed by atoms with Gasteiger partial charge in [-0.3, -0.25) is 0 Å². The van der Waals surface area contributed by atoms with E-state index < -0.39 is 0 Å². The quantitative estimate of drug-likeness (QED) is 0.624. The molecule has 1 aromatic heterocycles. The predicted molar refractivity (Wildman–Crippen MR) is 100 cm³/mol. The van der Waals surface area contributed by atoms with E-state index in [-0.39, 0.29) is 0 Å². The normalized spacial score (nSPS) is 10.7. The largest absolute Gasteiger partial charge is 0.490 e. The van der Waals surface area contributed by atoms with Crippen LogP contribution in [0.25, 0.3) is 0 Å². The van der Waals surface area contributed by atoms with Crippen LogP contribution in [0.15, 0.2) is 59.1 Å². The van der Waals surface area contributed by atoms with Crippen molar-refractivity contribution in [2.75, 3.05) is 6.61 Å². The zero-order chi connectivity index (χ0) is 18.2. The lowest BCUT2D eigenvalue weighted by Gasteiger charge is -2.14. The van der Waals surface area contributed by atoms with Gasteiger partial charge in [-0.15, -0.1) is 0 Å². The van der Waals surface area contributed by atoms with Gasteiger partial charge in [0.15, 0.2) is 11.5 Å². The Kier molecular flexibility index (Phi) is 6.28. The summed E-state index contributed by atoms with van der Waals surface area (Å²) >= 11 is 0. The molecule has 136 valence electrons. The van der Waals surface area contributed by atoms with Crippen molar-refractivity contribution in [1.82, 2.24) is 10.5 Å². The van der Waals surface area contributed by atoms with Gasteiger partial charge in [0.05, 0.1) is 12.3 Å². The lowest BCUT2D eigenvalue weighted by molar-refractivity contribution is 0.269. The molecule has 3 rings (SSSR count). The first-order valence-corrected chi connectivity index (χ1v) is 8.80. The Bertz CT molecular complexity index is 815. The summed E-state index contributed by atoms with van der Waals surface area (Å²) in [6.45, 7) is 6.34. The Morgan fingerprint density at radius 2 is 1.77 bits per heavy atom. The minimum atomic E-state index is 0.518. The Morgan fingerprint density at radius 3 is 2.50 bits per heavy atom. The second-order valence-electron chi connectivity index (χ2n) is 6.02. The van der Waals surface area contributed by atoms with Crippen LogP contribution >= 0.6 is 0 Å². The van der Waals surface area contributed by atoms with Crippen LogP contribution in [0.4, 0.5) is 0 Å². The molecule has 0 bridgehead atoms. The molecule has 3 aromatic rings. The molecular weight excluding hydrogens is 328 g/mol. The SMILES string of the molecule is CCOc1cc(CNCc2cc(C)on2)ccc1OCc1ccccc1. The predicted octanol–water partition coefficient (Wildman–Crippen LogP) is 4.25. The van der Waals surface area contributed by atoms with Gasteiger partial charge in [-0.1, -0.05) is 41.6 Å². The van der Waals surface area contributed by atoms with E-state index in [0.29, 0.717) is 26.3 Å². The van der Waals surface area contributed by atoms with Gasteiger partial charge >= 0.3 is 0 Å². The average Bonchev–Trinajstić information content (AvgIpc) is 3.07. The van der Waals surface area contributed by atoms with E-state index in [4.69, 9.17) is 14.0 Å². The number of aromatic nitrogens is 1. The van der Waals surface area contributed by atoms with Crippen molar-refractivity contribution in [2.45, 2.75) is 33.5 Å². The molecule has 5 heteroatoms. The maximum Gasteiger partial charge on any atom is 0.161 e. The van der Waals surface area contributed by atoms with Crippen molar-refractivity contribution in [3.63, 3.8) is 0 Å². The van der Waals surface area contributed by atoms with Crippen LogP contribution in [0, 0.1) is 6.92 Å². The summed E-state index contributed by atoms with van der Waals surface area (Å²) in [7, 11) is 0. The highest BCUT2D eigenvalue weighted by atomic mass is 16.5. The number of ether oxygens (including phenoxy) is 2. The summed E-state index contributed by atoms with van der Waals surface area (Å²) in [4.78, 5) is 0. The molecule has 0 aliphatic heterocycles. The lowest BCUT2D eigenvalue weighted by atomic mass is 10.2. The third-order valence-corrected chi connectivity index (χ3v) is 3.86. The van der Waals surface area contributed by atoms with Crippen LogP contribution < -0.4 is 14.8 Å². The lowest BCUT2D eigenvalue weighted by Crippen LogP contribution is -2.13. The van der Waals surface area contributed by atoms with E-state index in [1.54, 1.807) is 0 Å². The number of rotatable bonds is 9. The van der Waals surface area contributed by atoms with E-state index in [1.165, 1.54) is 0 Å². The molecule has 0 fully saturated rings. The molecule has 2 aromatic carbocycles. The van der Waals surface area contributed by atoms with Gasteiger partial charge in [-0.05, 0) is 37.1 Å². The molecule has 5 nitrogen and oxygen atoms in total. The third kappa shape index (κ3) is 5.10. The molecular formula is C21H24N2O3. The number of hydrogen-bond donors (Lipinski definition) is 1. The Balaban J connectivity index is 1.60. The van der Waals surface area contributed by atoms with Crippen molar-refractivity contribution in [2.24, 2.45) is 0 Å². The van der Waals surface area contributed by atoms with Gasteiger partial charge < -0.3 is 19.3 Å². The first kappa shape index (κ1) is 18.0. The summed E-state index contributed by atoms with van der Waals surface area (Å²) in [6.07, 6.45) is 0. The molecule has 0 unspecified atom stereocenters. The van der Waals surface area contributed by atoms with Crippen molar-refractivity contribution in [1.29, 1.82) is 0 Å². The topological polar surface area (TPSA) is 56.5 Å². The maximum atomic E-state index is 5.94. The number of nitrogens with one attached hydrogen (secondary N) is 1. The molecule has 26 heavy (non-hydrogen) atoms. The molecule has 0 saturated carbocycles. The summed E-state index contributed by atoms with van der Waals surface area (Å²) in [5, 5.41) is 7.34. The molecule has 0 spiro atoms. The van der Waals surface area contributed by atoms with Gasteiger partial charge in [-0.2, -0.15) is 0 Å². The van der Waals surface area contributed by atoms with Crippen LogP contribution in [-0.2, 0) is 19.7 Å². The highest BCUT2D eigenvalue weighted by molar-refractivity contribution is 5.43. The van der Waals surface area contributed by atoms with Crippen LogP contribution in [0.2, 0.25) is 0 Å². The fourth-order valence-electron chi connectivity index (χ4n) is 2.62. The maximum absolute atomic E-state index is 5.94. The summed E-state index contributed by atoms with van der Waals surface area (Å²) in [6, 6.07) is 18.1. The van der Waals surface area contributed by atoms with Crippen molar-refractivity contribution in [3.05, 3.63) is 77.2 Å². The molecule has 0 radical (unpaired) electrons. The minimum Gasteiger partial charge on any atom is -0.490 e. The second-order valence-corrected chi connectivity index (χ2v) is 6.02.